The third-order valence-corrected chi connectivity index (χ3v) is 8.81. The van der Waals surface area contributed by atoms with Crippen LogP contribution in [0.2, 0.25) is 0 Å². The molecule has 174 valence electrons. The van der Waals surface area contributed by atoms with Crippen LogP contribution in [0.3, 0.4) is 0 Å². The van der Waals surface area contributed by atoms with Crippen LogP contribution in [-0.2, 0) is 28.3 Å². The number of anilines is 1. The molecule has 5 rings (SSSR count). The fraction of sp³-hybridized carbons (Fsp3) is 0.417. The quantitative estimate of drug-likeness (QED) is 0.586. The molecule has 0 bridgehead atoms. The SMILES string of the molecule is C[C@@H]1Cc2ccccc2N1C(=O)CC1CCN(S(=O)(=O)c2ccc3c(c2)oc(=O)n3C)CC1. The van der Waals surface area contributed by atoms with E-state index >= 15 is 0 Å². The number of nitrogens with zero attached hydrogens (tertiary/aromatic N) is 3. The lowest BCUT2D eigenvalue weighted by molar-refractivity contribution is -0.120. The number of para-hydroxylation sites is 1. The number of rotatable bonds is 4. The van der Waals surface area contributed by atoms with E-state index in [1.54, 1.807) is 13.1 Å². The summed E-state index contributed by atoms with van der Waals surface area (Å²) in [6.07, 6.45) is 2.56. The molecule has 2 aliphatic rings. The maximum absolute atomic E-state index is 13.2. The maximum Gasteiger partial charge on any atom is 0.419 e. The number of aryl methyl sites for hydroxylation is 1. The van der Waals surface area contributed by atoms with Crippen molar-refractivity contribution in [1.82, 2.24) is 8.87 Å². The molecule has 0 N–H and O–H groups in total. The van der Waals surface area contributed by atoms with E-state index in [9.17, 15) is 18.0 Å². The normalized spacial score (nSPS) is 19.8. The minimum absolute atomic E-state index is 0.110. The topological polar surface area (TPSA) is 92.8 Å². The summed E-state index contributed by atoms with van der Waals surface area (Å²) in [5.74, 6) is -0.267. The summed E-state index contributed by atoms with van der Waals surface area (Å²) in [4.78, 5) is 26.8. The van der Waals surface area contributed by atoms with Gasteiger partial charge in [-0.2, -0.15) is 4.31 Å². The minimum Gasteiger partial charge on any atom is -0.408 e. The summed E-state index contributed by atoms with van der Waals surface area (Å²) in [6.45, 7) is 2.80. The van der Waals surface area contributed by atoms with Crippen molar-refractivity contribution in [2.45, 2.75) is 43.5 Å². The van der Waals surface area contributed by atoms with E-state index < -0.39 is 15.8 Å². The zero-order chi connectivity index (χ0) is 23.3. The van der Waals surface area contributed by atoms with Crippen molar-refractivity contribution in [3.05, 3.63) is 58.6 Å². The first kappa shape index (κ1) is 21.9. The Bertz CT molecular complexity index is 1380. The number of oxazole rings is 1. The fourth-order valence-electron chi connectivity index (χ4n) is 5.07. The zero-order valence-electron chi connectivity index (χ0n) is 18.7. The van der Waals surface area contributed by atoms with Gasteiger partial charge in [0.2, 0.25) is 15.9 Å². The first-order chi connectivity index (χ1) is 15.8. The molecule has 2 aromatic carbocycles. The number of fused-ring (bicyclic) bond motifs is 2. The van der Waals surface area contributed by atoms with Gasteiger partial charge in [0.1, 0.15) is 0 Å². The molecule has 3 aromatic rings. The summed E-state index contributed by atoms with van der Waals surface area (Å²) in [7, 11) is -2.13. The van der Waals surface area contributed by atoms with Gasteiger partial charge >= 0.3 is 5.76 Å². The van der Waals surface area contributed by atoms with Crippen LogP contribution >= 0.6 is 0 Å². The van der Waals surface area contributed by atoms with Gasteiger partial charge in [-0.05, 0) is 55.9 Å². The van der Waals surface area contributed by atoms with Gasteiger partial charge in [-0.25, -0.2) is 13.2 Å². The molecule has 2 aliphatic heterocycles. The van der Waals surface area contributed by atoms with Gasteiger partial charge in [-0.1, -0.05) is 18.2 Å². The lowest BCUT2D eigenvalue weighted by Gasteiger charge is -2.32. The number of hydrogen-bond acceptors (Lipinski definition) is 5. The number of piperidine rings is 1. The van der Waals surface area contributed by atoms with Crippen LogP contribution in [0.5, 0.6) is 0 Å². The second kappa shape index (κ2) is 8.14. The van der Waals surface area contributed by atoms with Gasteiger partial charge in [0.25, 0.3) is 0 Å². The number of benzene rings is 2. The Hall–Kier alpha value is -2.91. The highest BCUT2D eigenvalue weighted by Crippen LogP contribution is 2.34. The molecular formula is C24H27N3O5S. The predicted octanol–water partition coefficient (Wildman–Crippen LogP) is 2.90. The lowest BCUT2D eigenvalue weighted by Crippen LogP contribution is -2.41. The van der Waals surface area contributed by atoms with Crippen LogP contribution in [0.4, 0.5) is 5.69 Å². The highest BCUT2D eigenvalue weighted by atomic mass is 32.2. The van der Waals surface area contributed by atoms with Crippen LogP contribution in [0, 0.1) is 5.92 Å². The molecule has 1 saturated heterocycles. The van der Waals surface area contributed by atoms with Gasteiger partial charge in [0, 0.05) is 44.4 Å². The first-order valence-corrected chi connectivity index (χ1v) is 12.7. The molecule has 1 aromatic heterocycles. The van der Waals surface area contributed by atoms with Crippen LogP contribution < -0.4 is 10.7 Å². The van der Waals surface area contributed by atoms with E-state index in [1.165, 1.54) is 26.6 Å². The van der Waals surface area contributed by atoms with Crippen molar-refractivity contribution in [3.63, 3.8) is 0 Å². The third-order valence-electron chi connectivity index (χ3n) is 6.91. The van der Waals surface area contributed by atoms with Crippen molar-refractivity contribution in [1.29, 1.82) is 0 Å². The second-order valence-electron chi connectivity index (χ2n) is 9.05. The summed E-state index contributed by atoms with van der Waals surface area (Å²) >= 11 is 0. The maximum atomic E-state index is 13.2. The van der Waals surface area contributed by atoms with Gasteiger partial charge in [0.15, 0.2) is 5.58 Å². The van der Waals surface area contributed by atoms with Crippen LogP contribution in [-0.4, -0.2) is 42.3 Å². The van der Waals surface area contributed by atoms with E-state index in [2.05, 4.69) is 13.0 Å². The highest BCUT2D eigenvalue weighted by molar-refractivity contribution is 7.89. The Morgan fingerprint density at radius 2 is 1.85 bits per heavy atom. The van der Waals surface area contributed by atoms with Gasteiger partial charge < -0.3 is 9.32 Å². The number of aromatic nitrogens is 1. The summed E-state index contributed by atoms with van der Waals surface area (Å²) in [6, 6.07) is 12.7. The molecule has 8 nitrogen and oxygen atoms in total. The lowest BCUT2D eigenvalue weighted by atomic mass is 9.94. The fourth-order valence-corrected chi connectivity index (χ4v) is 6.55. The van der Waals surface area contributed by atoms with E-state index in [0.29, 0.717) is 37.9 Å². The molecular weight excluding hydrogens is 442 g/mol. The van der Waals surface area contributed by atoms with E-state index in [1.807, 2.05) is 23.1 Å². The Labute approximate surface area is 192 Å². The Kier molecular flexibility index (Phi) is 5.41. The molecule has 0 spiro atoms. The Morgan fingerprint density at radius 3 is 2.61 bits per heavy atom. The minimum atomic E-state index is -3.71. The first-order valence-electron chi connectivity index (χ1n) is 11.3. The van der Waals surface area contributed by atoms with Crippen LogP contribution in [0.25, 0.3) is 11.1 Å². The predicted molar refractivity (Wildman–Crippen MR) is 125 cm³/mol. The van der Waals surface area contributed by atoms with Gasteiger partial charge in [-0.15, -0.1) is 0 Å². The van der Waals surface area contributed by atoms with Crippen molar-refractivity contribution in [2.75, 3.05) is 18.0 Å². The Balaban J connectivity index is 1.25. The molecule has 9 heteroatoms. The molecule has 1 fully saturated rings. The van der Waals surface area contributed by atoms with Crippen molar-refractivity contribution < 1.29 is 17.6 Å². The highest BCUT2D eigenvalue weighted by Gasteiger charge is 2.34. The van der Waals surface area contributed by atoms with Crippen LogP contribution in [0.15, 0.2) is 56.6 Å². The number of hydrogen-bond donors (Lipinski definition) is 0. The van der Waals surface area contributed by atoms with E-state index in [-0.39, 0.29) is 28.3 Å². The molecule has 33 heavy (non-hydrogen) atoms. The number of sulfonamides is 1. The molecule has 1 amide bonds. The number of amides is 1. The molecule has 0 radical (unpaired) electrons. The average Bonchev–Trinajstić information content (AvgIpc) is 3.28. The number of carbonyl (C=O) groups excluding carboxylic acids is 1. The number of carbonyl (C=O) groups is 1. The Morgan fingerprint density at radius 1 is 1.12 bits per heavy atom. The third kappa shape index (κ3) is 3.79. The second-order valence-corrected chi connectivity index (χ2v) is 11.0. The van der Waals surface area contributed by atoms with Crippen molar-refractivity contribution in [3.8, 4) is 0 Å². The van der Waals surface area contributed by atoms with Crippen molar-refractivity contribution >= 4 is 32.7 Å². The average molecular weight is 470 g/mol. The monoisotopic (exact) mass is 469 g/mol. The summed E-state index contributed by atoms with van der Waals surface area (Å²) in [5.41, 5.74) is 3.00. The van der Waals surface area contributed by atoms with E-state index in [0.717, 1.165) is 12.1 Å². The summed E-state index contributed by atoms with van der Waals surface area (Å²) in [5, 5.41) is 0. The molecule has 0 saturated carbocycles. The largest absolute Gasteiger partial charge is 0.419 e. The molecule has 1 atom stereocenters. The van der Waals surface area contributed by atoms with Gasteiger partial charge in [-0.3, -0.25) is 9.36 Å². The van der Waals surface area contributed by atoms with E-state index in [4.69, 9.17) is 4.42 Å². The standard InChI is InChI=1S/C24H27N3O5S/c1-16-13-18-5-3-4-6-20(18)27(16)23(28)14-17-9-11-26(12-10-17)33(30,31)19-7-8-21-22(15-19)32-24(29)25(21)2/h3-8,15-17H,9-14H2,1-2H3/t16-/m1/s1. The zero-order valence-corrected chi connectivity index (χ0v) is 19.5. The summed E-state index contributed by atoms with van der Waals surface area (Å²) < 4.78 is 34.3. The molecule has 3 heterocycles. The molecule has 0 aliphatic carbocycles. The molecule has 0 unspecified atom stereocenters. The van der Waals surface area contributed by atoms with Crippen molar-refractivity contribution in [2.24, 2.45) is 13.0 Å². The van der Waals surface area contributed by atoms with Crippen LogP contribution in [0.1, 0.15) is 31.7 Å². The smallest absolute Gasteiger partial charge is 0.408 e. The van der Waals surface area contributed by atoms with Gasteiger partial charge in [0.05, 0.1) is 10.4 Å².